The molecule has 0 amide bonds. The molecule has 1 aromatic rings. The van der Waals surface area contributed by atoms with E-state index in [0.717, 1.165) is 6.29 Å². The minimum atomic E-state index is -1.73. The Morgan fingerprint density at radius 2 is 1.87 bits per heavy atom. The zero-order chi connectivity index (χ0) is 23.0. The largest absolute Gasteiger partial charge is 0.327 e. The zero-order valence-corrected chi connectivity index (χ0v) is 20.3. The molecule has 2 aliphatic heterocycles. The highest BCUT2D eigenvalue weighted by Crippen LogP contribution is 2.40. The lowest BCUT2D eigenvalue weighted by molar-refractivity contribution is -0.106. The van der Waals surface area contributed by atoms with Crippen molar-refractivity contribution in [3.8, 4) is 0 Å². The number of carbonyl (C=O) groups excluding carboxylic acids is 1. The number of aromatic amines is 1. The number of unbranched alkanes of at least 4 members (excludes halogenated alkanes) is 2. The van der Waals surface area contributed by atoms with Crippen molar-refractivity contribution in [1.29, 1.82) is 0 Å². The van der Waals surface area contributed by atoms with Crippen LogP contribution in [0.15, 0.2) is 17.1 Å². The van der Waals surface area contributed by atoms with Gasteiger partial charge < -0.3 is 15.1 Å². The van der Waals surface area contributed by atoms with Gasteiger partial charge in [-0.3, -0.25) is 9.00 Å². The van der Waals surface area contributed by atoms with Crippen LogP contribution in [0.1, 0.15) is 71.8 Å². The van der Waals surface area contributed by atoms with Crippen LogP contribution in [-0.2, 0) is 21.3 Å². The van der Waals surface area contributed by atoms with Crippen molar-refractivity contribution >= 4 is 28.7 Å². The van der Waals surface area contributed by atoms with Crippen molar-refractivity contribution in [3.05, 3.63) is 33.2 Å². The minimum absolute atomic E-state index is 0.0502. The fraction of sp³-hybridized carbons (Fsp3) is 0.727. The number of pyridine rings is 1. The molecule has 0 bridgehead atoms. The first kappa shape index (κ1) is 28.9. The van der Waals surface area contributed by atoms with Gasteiger partial charge in [0, 0.05) is 34.4 Å². The minimum Gasteiger partial charge on any atom is -0.327 e. The Kier molecular flexibility index (Phi) is 16.0. The van der Waals surface area contributed by atoms with E-state index in [1.807, 2.05) is 0 Å². The van der Waals surface area contributed by atoms with E-state index < -0.39 is 27.9 Å². The molecule has 0 radical (unpaired) electrons. The van der Waals surface area contributed by atoms with Crippen LogP contribution in [0.3, 0.4) is 0 Å². The quantitative estimate of drug-likeness (QED) is 0.632. The maximum atomic E-state index is 14.9. The van der Waals surface area contributed by atoms with Crippen LogP contribution in [0.25, 0.3) is 0 Å². The number of halogens is 2. The van der Waals surface area contributed by atoms with Crippen molar-refractivity contribution in [3.63, 3.8) is 0 Å². The van der Waals surface area contributed by atoms with Crippen molar-refractivity contribution in [2.75, 3.05) is 24.6 Å². The number of aromatic nitrogens is 1. The Labute approximate surface area is 188 Å². The van der Waals surface area contributed by atoms with Crippen LogP contribution >= 0.6 is 11.6 Å². The molecular formula is C22H38ClFN2O3S. The van der Waals surface area contributed by atoms with E-state index in [4.69, 9.17) is 16.4 Å². The second-order valence-electron chi connectivity index (χ2n) is 7.43. The van der Waals surface area contributed by atoms with E-state index >= 15 is 0 Å². The summed E-state index contributed by atoms with van der Waals surface area (Å²) in [6, 6.07) is 1.37. The van der Waals surface area contributed by atoms with Gasteiger partial charge in [0.05, 0.1) is 10.6 Å². The molecule has 3 unspecified atom stereocenters. The van der Waals surface area contributed by atoms with Crippen molar-refractivity contribution in [1.82, 2.24) is 10.3 Å². The number of carbonyl (C=O) groups is 1. The predicted molar refractivity (Wildman–Crippen MR) is 126 cm³/mol. The topological polar surface area (TPSA) is 79.0 Å². The van der Waals surface area contributed by atoms with Crippen LogP contribution in [0.4, 0.5) is 4.39 Å². The summed E-state index contributed by atoms with van der Waals surface area (Å²) >= 11 is 5.78. The highest BCUT2D eigenvalue weighted by Gasteiger charge is 2.44. The summed E-state index contributed by atoms with van der Waals surface area (Å²) in [5, 5.41) is 3.52. The first-order valence-electron chi connectivity index (χ1n) is 10.8. The smallest absolute Gasteiger partial charge is 0.254 e. The van der Waals surface area contributed by atoms with Gasteiger partial charge in [0.25, 0.3) is 5.56 Å². The first-order chi connectivity index (χ1) is 14.3. The van der Waals surface area contributed by atoms with E-state index in [-0.39, 0.29) is 23.5 Å². The lowest BCUT2D eigenvalue weighted by Gasteiger charge is -2.34. The Morgan fingerprint density at radius 1 is 1.30 bits per heavy atom. The van der Waals surface area contributed by atoms with Crippen molar-refractivity contribution < 1.29 is 13.4 Å². The van der Waals surface area contributed by atoms with Crippen LogP contribution in [-0.4, -0.2) is 40.1 Å². The summed E-state index contributed by atoms with van der Waals surface area (Å²) in [4.78, 5) is 22.9. The second-order valence-corrected chi connectivity index (χ2v) is 9.49. The summed E-state index contributed by atoms with van der Waals surface area (Å²) in [5.41, 5.74) is -2.14. The summed E-state index contributed by atoms with van der Waals surface area (Å²) < 4.78 is 26.3. The Balaban J connectivity index is 0.000000527. The lowest BCUT2D eigenvalue weighted by atomic mass is 9.83. The third-order valence-electron chi connectivity index (χ3n) is 4.89. The van der Waals surface area contributed by atoms with E-state index in [1.165, 1.54) is 64.4 Å². The number of hydrogen-bond donors (Lipinski definition) is 2. The summed E-state index contributed by atoms with van der Waals surface area (Å²) in [6.45, 7) is 10.0. The Morgan fingerprint density at radius 3 is 2.27 bits per heavy atom. The van der Waals surface area contributed by atoms with Crippen LogP contribution < -0.4 is 10.9 Å². The molecule has 0 spiro atoms. The average molecular weight is 465 g/mol. The molecule has 174 valence electrons. The maximum Gasteiger partial charge on any atom is 0.254 e. The zero-order valence-electron chi connectivity index (χ0n) is 18.8. The highest BCUT2D eigenvalue weighted by molar-refractivity contribution is 7.85. The SMILES string of the molecule is C1CCNC1.CC1CS(=O)CCC1(F)c1cc(Cl)c[nH]c1=O.CC=O.CCCCC. The second kappa shape index (κ2) is 16.6. The third-order valence-corrected chi connectivity index (χ3v) is 6.64. The first-order valence-corrected chi connectivity index (χ1v) is 12.7. The van der Waals surface area contributed by atoms with Crippen LogP contribution in [0, 0.1) is 5.92 Å². The summed E-state index contributed by atoms with van der Waals surface area (Å²) in [7, 11) is -0.988. The van der Waals surface area contributed by atoms with E-state index in [1.54, 1.807) is 6.92 Å². The molecule has 1 aromatic heterocycles. The van der Waals surface area contributed by atoms with Gasteiger partial charge in [-0.25, -0.2) is 4.39 Å². The van der Waals surface area contributed by atoms with Crippen molar-refractivity contribution in [2.45, 2.75) is 71.9 Å². The number of alkyl halides is 1. The average Bonchev–Trinajstić information content (AvgIpc) is 3.29. The number of nitrogens with one attached hydrogen (secondary N) is 2. The molecule has 2 fully saturated rings. The molecule has 5 nitrogen and oxygen atoms in total. The molecule has 30 heavy (non-hydrogen) atoms. The third kappa shape index (κ3) is 10.8. The summed E-state index contributed by atoms with van der Waals surface area (Å²) in [6.07, 6.45) is 9.04. The molecule has 0 aromatic carbocycles. The van der Waals surface area contributed by atoms with Gasteiger partial charge in [-0.15, -0.1) is 0 Å². The van der Waals surface area contributed by atoms with Gasteiger partial charge >= 0.3 is 0 Å². The lowest BCUT2D eigenvalue weighted by Crippen LogP contribution is -2.42. The van der Waals surface area contributed by atoms with Crippen molar-refractivity contribution in [2.24, 2.45) is 5.92 Å². The standard InChI is InChI=1S/C11H13ClFNO2S.C5H12.C4H9N.C2H4O/c1-7-6-17(16)3-2-11(7,13)9-4-8(12)5-14-10(9)15;1-3-5-4-2;1-2-4-5-3-1;1-2-3/h4-5,7H,2-3,6H2,1H3,(H,14,15);3-5H2,1-2H3;5H,1-4H2;2H,1H3. The van der Waals surface area contributed by atoms with Gasteiger partial charge in [0.1, 0.15) is 12.0 Å². The Bertz CT molecular complexity index is 673. The molecule has 0 saturated carbocycles. The van der Waals surface area contributed by atoms with E-state index in [9.17, 15) is 13.4 Å². The molecule has 3 heterocycles. The molecular weight excluding hydrogens is 427 g/mol. The molecule has 0 aliphatic carbocycles. The molecule has 2 saturated heterocycles. The number of aldehydes is 1. The van der Waals surface area contributed by atoms with Gasteiger partial charge in [-0.05, 0) is 45.3 Å². The fourth-order valence-electron chi connectivity index (χ4n) is 3.15. The normalized spacial score (nSPS) is 24.9. The number of hydrogen-bond acceptors (Lipinski definition) is 4. The number of H-pyrrole nitrogens is 1. The van der Waals surface area contributed by atoms with Crippen LogP contribution in [0.2, 0.25) is 5.02 Å². The number of rotatable bonds is 3. The highest BCUT2D eigenvalue weighted by atomic mass is 35.5. The Hall–Kier alpha value is -1.05. The van der Waals surface area contributed by atoms with Gasteiger partial charge in [0.15, 0.2) is 0 Å². The van der Waals surface area contributed by atoms with Gasteiger partial charge in [0.2, 0.25) is 0 Å². The van der Waals surface area contributed by atoms with Gasteiger partial charge in [-0.1, -0.05) is 51.6 Å². The monoisotopic (exact) mass is 464 g/mol. The molecule has 3 rings (SSSR count). The molecule has 8 heteroatoms. The molecule has 2 aliphatic rings. The summed E-state index contributed by atoms with van der Waals surface area (Å²) in [5.74, 6) is 0.117. The fourth-order valence-corrected chi connectivity index (χ4v) is 4.82. The van der Waals surface area contributed by atoms with E-state index in [0.29, 0.717) is 5.02 Å². The predicted octanol–water partition coefficient (Wildman–Crippen LogP) is 4.75. The van der Waals surface area contributed by atoms with Crippen LogP contribution in [0.5, 0.6) is 0 Å². The van der Waals surface area contributed by atoms with E-state index in [2.05, 4.69) is 24.1 Å². The van der Waals surface area contributed by atoms with Gasteiger partial charge in [-0.2, -0.15) is 0 Å². The maximum absolute atomic E-state index is 14.9. The molecule has 2 N–H and O–H groups in total. The molecule has 3 atom stereocenters.